The van der Waals surface area contributed by atoms with Crippen LogP contribution in [-0.2, 0) is 32.6 Å². The summed E-state index contributed by atoms with van der Waals surface area (Å²) in [5, 5.41) is 3.77. The largest absolute Gasteiger partial charge is 0.352 e. The highest BCUT2D eigenvalue weighted by atomic mass is 79.9. The zero-order valence-electron chi connectivity index (χ0n) is 25.8. The first-order valence-electron chi connectivity index (χ1n) is 14.8. The molecular formula is C35H36BrCl2N3O4S. The van der Waals surface area contributed by atoms with Crippen LogP contribution in [-0.4, -0.2) is 43.8 Å². The molecule has 2 atom stereocenters. The Bertz CT molecular complexity index is 1760. The quantitative estimate of drug-likeness (QED) is 0.151. The van der Waals surface area contributed by atoms with Gasteiger partial charge in [-0.3, -0.25) is 13.9 Å². The fourth-order valence-electron chi connectivity index (χ4n) is 4.80. The van der Waals surface area contributed by atoms with E-state index in [1.54, 1.807) is 54.6 Å². The van der Waals surface area contributed by atoms with Crippen LogP contribution >= 0.6 is 39.1 Å². The van der Waals surface area contributed by atoms with Gasteiger partial charge in [-0.05, 0) is 79.9 Å². The predicted octanol–water partition coefficient (Wildman–Crippen LogP) is 7.81. The average Bonchev–Trinajstić information content (AvgIpc) is 3.03. The number of rotatable bonds is 13. The Balaban J connectivity index is 1.82. The first-order chi connectivity index (χ1) is 21.9. The van der Waals surface area contributed by atoms with Gasteiger partial charge in [0.05, 0.1) is 10.6 Å². The molecule has 4 aromatic rings. The van der Waals surface area contributed by atoms with E-state index in [4.69, 9.17) is 23.2 Å². The van der Waals surface area contributed by atoms with Crippen LogP contribution in [0.3, 0.4) is 0 Å². The Morgan fingerprint density at radius 1 is 0.913 bits per heavy atom. The molecule has 0 unspecified atom stereocenters. The van der Waals surface area contributed by atoms with Crippen molar-refractivity contribution < 1.29 is 18.0 Å². The molecule has 4 aromatic carbocycles. The third-order valence-electron chi connectivity index (χ3n) is 7.63. The SMILES string of the molecule is CC[C@H](C)NC(=O)[C@H](Cc1ccccc1)N(Cc1ccc(Cl)cc1Cl)C(=O)CN(c1ccc(Br)cc1)S(=O)(=O)c1ccc(C)cc1. The number of aryl methyl sites for hydroxylation is 1. The van der Waals surface area contributed by atoms with Gasteiger partial charge in [0.2, 0.25) is 11.8 Å². The molecule has 7 nitrogen and oxygen atoms in total. The molecule has 0 aliphatic carbocycles. The summed E-state index contributed by atoms with van der Waals surface area (Å²) in [4.78, 5) is 30.0. The second-order valence-electron chi connectivity index (χ2n) is 11.1. The van der Waals surface area contributed by atoms with Gasteiger partial charge in [-0.1, -0.05) is 100 Å². The third-order valence-corrected chi connectivity index (χ3v) is 10.5. The van der Waals surface area contributed by atoms with E-state index in [2.05, 4.69) is 21.2 Å². The highest BCUT2D eigenvalue weighted by molar-refractivity contribution is 9.10. The predicted molar refractivity (Wildman–Crippen MR) is 189 cm³/mol. The highest BCUT2D eigenvalue weighted by Crippen LogP contribution is 2.28. The molecule has 11 heteroatoms. The van der Waals surface area contributed by atoms with Crippen LogP contribution in [0.1, 0.15) is 37.0 Å². The van der Waals surface area contributed by atoms with E-state index in [9.17, 15) is 18.0 Å². The van der Waals surface area contributed by atoms with Crippen molar-refractivity contribution >= 4 is 66.7 Å². The lowest BCUT2D eigenvalue weighted by Gasteiger charge is -2.34. The maximum atomic E-state index is 14.6. The summed E-state index contributed by atoms with van der Waals surface area (Å²) in [6.07, 6.45) is 0.885. The molecular weight excluding hydrogens is 709 g/mol. The Labute approximate surface area is 289 Å². The molecule has 46 heavy (non-hydrogen) atoms. The van der Waals surface area contributed by atoms with E-state index < -0.39 is 28.5 Å². The van der Waals surface area contributed by atoms with Crippen molar-refractivity contribution in [3.05, 3.63) is 128 Å². The first kappa shape index (κ1) is 35.5. The summed E-state index contributed by atoms with van der Waals surface area (Å²) in [6, 6.07) is 26.3. The summed E-state index contributed by atoms with van der Waals surface area (Å²) < 4.78 is 30.1. The van der Waals surface area contributed by atoms with Crippen LogP contribution in [0, 0.1) is 6.92 Å². The van der Waals surface area contributed by atoms with Gasteiger partial charge in [0.15, 0.2) is 0 Å². The van der Waals surface area contributed by atoms with Gasteiger partial charge in [0, 0.05) is 33.5 Å². The maximum absolute atomic E-state index is 14.6. The zero-order valence-corrected chi connectivity index (χ0v) is 29.7. The summed E-state index contributed by atoms with van der Waals surface area (Å²) in [6.45, 7) is 5.09. The number of anilines is 1. The van der Waals surface area contributed by atoms with E-state index >= 15 is 0 Å². The van der Waals surface area contributed by atoms with Gasteiger partial charge in [-0.2, -0.15) is 0 Å². The standard InChI is InChI=1S/C35H36BrCl2N3O4S/c1-4-25(3)39-35(43)33(20-26-8-6-5-7-9-26)40(22-27-12-15-29(37)21-32(27)38)34(42)23-41(30-16-13-28(36)14-17-30)46(44,45)31-18-10-24(2)11-19-31/h5-19,21,25,33H,4,20,22-23H2,1-3H3,(H,39,43)/t25-,33-/m0/s1. The lowest BCUT2D eigenvalue weighted by atomic mass is 10.0. The topological polar surface area (TPSA) is 86.8 Å². The minimum atomic E-state index is -4.20. The normalized spacial score (nSPS) is 12.7. The number of sulfonamides is 1. The van der Waals surface area contributed by atoms with Crippen molar-refractivity contribution in [3.8, 4) is 0 Å². The van der Waals surface area contributed by atoms with Gasteiger partial charge >= 0.3 is 0 Å². The van der Waals surface area contributed by atoms with Crippen LogP contribution in [0.15, 0.2) is 106 Å². The van der Waals surface area contributed by atoms with E-state index in [0.29, 0.717) is 27.7 Å². The number of benzene rings is 4. The number of halogens is 3. The maximum Gasteiger partial charge on any atom is 0.264 e. The molecule has 2 amide bonds. The van der Waals surface area contributed by atoms with Gasteiger partial charge in [0.25, 0.3) is 10.0 Å². The van der Waals surface area contributed by atoms with Gasteiger partial charge in [0.1, 0.15) is 12.6 Å². The highest BCUT2D eigenvalue weighted by Gasteiger charge is 2.35. The Kier molecular flexibility index (Phi) is 12.3. The number of amides is 2. The monoisotopic (exact) mass is 743 g/mol. The van der Waals surface area contributed by atoms with Crippen molar-refractivity contribution in [2.75, 3.05) is 10.8 Å². The van der Waals surface area contributed by atoms with Crippen molar-refractivity contribution in [1.29, 1.82) is 0 Å². The number of carbonyl (C=O) groups excluding carboxylic acids is 2. The fourth-order valence-corrected chi connectivity index (χ4v) is 6.95. The van der Waals surface area contributed by atoms with Crippen molar-refractivity contribution in [2.24, 2.45) is 0 Å². The molecule has 4 rings (SSSR count). The molecule has 0 heterocycles. The van der Waals surface area contributed by atoms with Gasteiger partial charge in [-0.15, -0.1) is 0 Å². The molecule has 242 valence electrons. The number of hydrogen-bond acceptors (Lipinski definition) is 4. The minimum absolute atomic E-state index is 0.0384. The van der Waals surface area contributed by atoms with Crippen LogP contribution in [0.25, 0.3) is 0 Å². The molecule has 1 N–H and O–H groups in total. The number of nitrogens with zero attached hydrogens (tertiary/aromatic N) is 2. The fraction of sp³-hybridized carbons (Fsp3) is 0.257. The number of hydrogen-bond donors (Lipinski definition) is 1. The molecule has 0 aromatic heterocycles. The van der Waals surface area contributed by atoms with Crippen molar-refractivity contribution in [3.63, 3.8) is 0 Å². The summed E-state index contributed by atoms with van der Waals surface area (Å²) in [5.41, 5.74) is 2.59. The van der Waals surface area contributed by atoms with Crippen LogP contribution in [0.2, 0.25) is 10.0 Å². The molecule has 0 spiro atoms. The molecule has 0 saturated heterocycles. The van der Waals surface area contributed by atoms with E-state index in [-0.39, 0.29) is 29.8 Å². The first-order valence-corrected chi connectivity index (χ1v) is 17.8. The Morgan fingerprint density at radius 2 is 1.57 bits per heavy atom. The van der Waals surface area contributed by atoms with Gasteiger partial charge < -0.3 is 10.2 Å². The van der Waals surface area contributed by atoms with Crippen LogP contribution in [0.5, 0.6) is 0 Å². The van der Waals surface area contributed by atoms with Crippen LogP contribution in [0.4, 0.5) is 5.69 Å². The minimum Gasteiger partial charge on any atom is -0.352 e. The Morgan fingerprint density at radius 3 is 2.17 bits per heavy atom. The summed E-state index contributed by atoms with van der Waals surface area (Å²) in [5.74, 6) is -0.932. The Hall–Kier alpha value is -3.37. The second-order valence-corrected chi connectivity index (χ2v) is 14.7. The molecule has 0 radical (unpaired) electrons. The number of carbonyl (C=O) groups is 2. The number of nitrogens with one attached hydrogen (secondary N) is 1. The van der Waals surface area contributed by atoms with Gasteiger partial charge in [-0.25, -0.2) is 8.42 Å². The van der Waals surface area contributed by atoms with Crippen molar-refractivity contribution in [1.82, 2.24) is 10.2 Å². The second kappa shape index (κ2) is 16.0. The van der Waals surface area contributed by atoms with Crippen LogP contribution < -0.4 is 9.62 Å². The van der Waals surface area contributed by atoms with E-state index in [0.717, 1.165) is 19.9 Å². The third kappa shape index (κ3) is 9.12. The van der Waals surface area contributed by atoms with Crippen molar-refractivity contribution in [2.45, 2.75) is 57.1 Å². The molecule has 0 saturated carbocycles. The lowest BCUT2D eigenvalue weighted by molar-refractivity contribution is -0.140. The zero-order chi connectivity index (χ0) is 33.4. The molecule has 0 aliphatic rings. The lowest BCUT2D eigenvalue weighted by Crippen LogP contribution is -2.54. The van der Waals surface area contributed by atoms with E-state index in [1.807, 2.05) is 51.1 Å². The average molecular weight is 746 g/mol. The molecule has 0 bridgehead atoms. The summed E-state index contributed by atoms with van der Waals surface area (Å²) >= 11 is 16.2. The molecule has 0 aliphatic heterocycles. The summed E-state index contributed by atoms with van der Waals surface area (Å²) in [7, 11) is -4.20. The molecule has 0 fully saturated rings. The van der Waals surface area contributed by atoms with E-state index in [1.165, 1.54) is 17.0 Å². The smallest absolute Gasteiger partial charge is 0.264 e.